The van der Waals surface area contributed by atoms with E-state index in [0.717, 1.165) is 0 Å². The molecule has 80 valence electrons. The number of hydrogen-bond donors (Lipinski definition) is 1. The lowest BCUT2D eigenvalue weighted by Gasteiger charge is -2.03. The molecule has 0 amide bonds. The first kappa shape index (κ1) is 11.5. The number of rotatable bonds is 1. The fourth-order valence-electron chi connectivity index (χ4n) is 1.10. The monoisotopic (exact) mass is 206 g/mol. The predicted octanol–water partition coefficient (Wildman–Crippen LogP) is 1.63. The number of aryl methyl sites for hydroxylation is 1. The summed E-state index contributed by atoms with van der Waals surface area (Å²) in [5, 5.41) is 0. The van der Waals surface area contributed by atoms with Crippen LogP contribution in [0.4, 0.5) is 10.1 Å². The molecule has 0 radical (unpaired) electrons. The van der Waals surface area contributed by atoms with Gasteiger partial charge in [-0.2, -0.15) is 0 Å². The van der Waals surface area contributed by atoms with Crippen LogP contribution in [0, 0.1) is 24.6 Å². The molecule has 0 aliphatic carbocycles. The zero-order valence-corrected chi connectivity index (χ0v) is 9.26. The first-order valence-electron chi connectivity index (χ1n) is 4.70. The Labute approximate surface area is 89.9 Å². The summed E-state index contributed by atoms with van der Waals surface area (Å²) in [6.07, 6.45) is 0. The Bertz CT molecular complexity index is 414. The smallest absolute Gasteiger partial charge is 0.128 e. The van der Waals surface area contributed by atoms with Crippen LogP contribution in [0.5, 0.6) is 0 Å². The minimum absolute atomic E-state index is 0.286. The van der Waals surface area contributed by atoms with Crippen molar-refractivity contribution in [2.24, 2.45) is 0 Å². The van der Waals surface area contributed by atoms with Crippen LogP contribution in [-0.4, -0.2) is 25.5 Å². The molecule has 0 aliphatic rings. The molecule has 2 nitrogen and oxygen atoms in total. The molecule has 0 atom stereocenters. The molecule has 0 saturated carbocycles. The summed E-state index contributed by atoms with van der Waals surface area (Å²) in [7, 11) is 3.88. The Morgan fingerprint density at radius 1 is 1.40 bits per heavy atom. The van der Waals surface area contributed by atoms with E-state index in [-0.39, 0.29) is 5.82 Å². The van der Waals surface area contributed by atoms with E-state index < -0.39 is 0 Å². The molecule has 1 aromatic carbocycles. The number of nitrogen functional groups attached to an aromatic ring is 1. The van der Waals surface area contributed by atoms with Crippen LogP contribution in [0.2, 0.25) is 0 Å². The van der Waals surface area contributed by atoms with Gasteiger partial charge in [-0.05, 0) is 38.7 Å². The van der Waals surface area contributed by atoms with Gasteiger partial charge in [0.05, 0.1) is 12.2 Å². The van der Waals surface area contributed by atoms with Crippen molar-refractivity contribution in [3.05, 3.63) is 29.1 Å². The number of halogens is 1. The zero-order chi connectivity index (χ0) is 11.4. The highest BCUT2D eigenvalue weighted by molar-refractivity contribution is 5.57. The fourth-order valence-corrected chi connectivity index (χ4v) is 1.10. The van der Waals surface area contributed by atoms with Crippen LogP contribution in [0.25, 0.3) is 0 Å². The second-order valence-electron chi connectivity index (χ2n) is 3.73. The van der Waals surface area contributed by atoms with Gasteiger partial charge in [-0.25, -0.2) is 4.39 Å². The number of nitrogens with zero attached hydrogens (tertiary/aromatic N) is 1. The average Bonchev–Trinajstić information content (AvgIpc) is 2.13. The van der Waals surface area contributed by atoms with Gasteiger partial charge in [-0.15, -0.1) is 0 Å². The third-order valence-electron chi connectivity index (χ3n) is 1.95. The van der Waals surface area contributed by atoms with E-state index in [1.54, 1.807) is 13.0 Å². The Balaban J connectivity index is 2.94. The molecule has 3 heteroatoms. The van der Waals surface area contributed by atoms with Crippen LogP contribution < -0.4 is 5.73 Å². The van der Waals surface area contributed by atoms with Gasteiger partial charge in [0.1, 0.15) is 5.82 Å². The molecular formula is C12H15FN2. The number of nitrogens with two attached hydrogens (primary N) is 1. The first-order chi connectivity index (χ1) is 7.00. The third-order valence-corrected chi connectivity index (χ3v) is 1.95. The minimum Gasteiger partial charge on any atom is -0.398 e. The molecule has 0 aliphatic heterocycles. The van der Waals surface area contributed by atoms with E-state index >= 15 is 0 Å². The first-order valence-corrected chi connectivity index (χ1v) is 4.70. The average molecular weight is 206 g/mol. The maximum atomic E-state index is 13.1. The molecule has 1 rings (SSSR count). The van der Waals surface area contributed by atoms with Gasteiger partial charge in [0, 0.05) is 5.56 Å². The Morgan fingerprint density at radius 3 is 2.67 bits per heavy atom. The van der Waals surface area contributed by atoms with Crippen molar-refractivity contribution >= 4 is 5.69 Å². The topological polar surface area (TPSA) is 29.3 Å². The molecule has 0 unspecified atom stereocenters. The largest absolute Gasteiger partial charge is 0.398 e. The third kappa shape index (κ3) is 3.26. The van der Waals surface area contributed by atoms with Crippen molar-refractivity contribution in [3.8, 4) is 11.8 Å². The highest BCUT2D eigenvalue weighted by Crippen LogP contribution is 2.16. The number of hydrogen-bond acceptors (Lipinski definition) is 2. The molecule has 15 heavy (non-hydrogen) atoms. The molecular weight excluding hydrogens is 191 g/mol. The number of anilines is 1. The Kier molecular flexibility index (Phi) is 3.70. The van der Waals surface area contributed by atoms with Crippen LogP contribution in [0.1, 0.15) is 11.1 Å². The van der Waals surface area contributed by atoms with Crippen LogP contribution in [0.15, 0.2) is 12.1 Å². The van der Waals surface area contributed by atoms with Gasteiger partial charge in [0.2, 0.25) is 0 Å². The molecule has 0 saturated heterocycles. The summed E-state index contributed by atoms with van der Waals surface area (Å²) in [6, 6.07) is 2.99. The van der Waals surface area contributed by atoms with E-state index in [9.17, 15) is 4.39 Å². The van der Waals surface area contributed by atoms with Crippen LogP contribution in [0.3, 0.4) is 0 Å². The van der Waals surface area contributed by atoms with Gasteiger partial charge in [0.15, 0.2) is 0 Å². The second kappa shape index (κ2) is 4.81. The quantitative estimate of drug-likeness (QED) is 0.559. The van der Waals surface area contributed by atoms with E-state index in [0.29, 0.717) is 23.4 Å². The predicted molar refractivity (Wildman–Crippen MR) is 61.0 cm³/mol. The standard InChI is InChI=1S/C12H15FN2/c1-9-7-10(5-4-6-15(2)3)12(14)8-11(9)13/h7-8H,6,14H2,1-3H3. The lowest BCUT2D eigenvalue weighted by Crippen LogP contribution is -2.10. The normalized spacial score (nSPS) is 9.93. The lowest BCUT2D eigenvalue weighted by atomic mass is 10.1. The second-order valence-corrected chi connectivity index (χ2v) is 3.73. The Morgan fingerprint density at radius 2 is 2.07 bits per heavy atom. The maximum Gasteiger partial charge on any atom is 0.128 e. The van der Waals surface area contributed by atoms with Crippen molar-refractivity contribution in [3.63, 3.8) is 0 Å². The SMILES string of the molecule is Cc1cc(C#CCN(C)C)c(N)cc1F. The molecule has 0 heterocycles. The maximum absolute atomic E-state index is 13.1. The zero-order valence-electron chi connectivity index (χ0n) is 9.26. The molecule has 0 spiro atoms. The summed E-state index contributed by atoms with van der Waals surface area (Å²) in [4.78, 5) is 1.96. The fraction of sp³-hybridized carbons (Fsp3) is 0.333. The molecule has 0 aromatic heterocycles. The van der Waals surface area contributed by atoms with E-state index in [1.165, 1.54) is 6.07 Å². The van der Waals surface area contributed by atoms with Gasteiger partial charge >= 0.3 is 0 Å². The molecule has 2 N–H and O–H groups in total. The van der Waals surface area contributed by atoms with Crippen molar-refractivity contribution in [2.75, 3.05) is 26.4 Å². The van der Waals surface area contributed by atoms with E-state index in [1.807, 2.05) is 19.0 Å². The van der Waals surface area contributed by atoms with Crippen molar-refractivity contribution < 1.29 is 4.39 Å². The van der Waals surface area contributed by atoms with Gasteiger partial charge in [-0.3, -0.25) is 4.90 Å². The summed E-state index contributed by atoms with van der Waals surface area (Å²) in [5.41, 5.74) is 7.30. The highest BCUT2D eigenvalue weighted by Gasteiger charge is 2.01. The van der Waals surface area contributed by atoms with E-state index in [2.05, 4.69) is 11.8 Å². The Hall–Kier alpha value is -1.53. The van der Waals surface area contributed by atoms with Crippen molar-refractivity contribution in [2.45, 2.75) is 6.92 Å². The lowest BCUT2D eigenvalue weighted by molar-refractivity contribution is 0.464. The van der Waals surface area contributed by atoms with Crippen LogP contribution >= 0.6 is 0 Å². The summed E-state index contributed by atoms with van der Waals surface area (Å²) in [5.74, 6) is 5.60. The van der Waals surface area contributed by atoms with Gasteiger partial charge in [0.25, 0.3) is 0 Å². The number of benzene rings is 1. The van der Waals surface area contributed by atoms with Crippen molar-refractivity contribution in [1.82, 2.24) is 4.90 Å². The van der Waals surface area contributed by atoms with Crippen LogP contribution in [-0.2, 0) is 0 Å². The molecule has 0 fully saturated rings. The molecule has 1 aromatic rings. The minimum atomic E-state index is -0.286. The highest BCUT2D eigenvalue weighted by atomic mass is 19.1. The summed E-state index contributed by atoms with van der Waals surface area (Å²) < 4.78 is 13.1. The van der Waals surface area contributed by atoms with Gasteiger partial charge in [-0.1, -0.05) is 11.8 Å². The summed E-state index contributed by atoms with van der Waals surface area (Å²) in [6.45, 7) is 2.36. The van der Waals surface area contributed by atoms with Crippen molar-refractivity contribution in [1.29, 1.82) is 0 Å². The molecule has 0 bridgehead atoms. The van der Waals surface area contributed by atoms with Gasteiger partial charge < -0.3 is 5.73 Å². The summed E-state index contributed by atoms with van der Waals surface area (Å²) >= 11 is 0. The van der Waals surface area contributed by atoms with E-state index in [4.69, 9.17) is 5.73 Å².